The third-order valence-corrected chi connectivity index (χ3v) is 6.17. The van der Waals surface area contributed by atoms with E-state index in [9.17, 15) is 18.0 Å². The van der Waals surface area contributed by atoms with E-state index < -0.39 is 34.4 Å². The van der Waals surface area contributed by atoms with Crippen molar-refractivity contribution in [2.24, 2.45) is 5.92 Å². The molecule has 0 spiro atoms. The van der Waals surface area contributed by atoms with Crippen LogP contribution in [0.15, 0.2) is 23.9 Å². The first kappa shape index (κ1) is 22.4. The molecule has 1 aromatic heterocycles. The average Bonchev–Trinajstić information content (AvgIpc) is 2.97. The number of ether oxygens (including phenoxy) is 1. The Morgan fingerprint density at radius 2 is 1.97 bits per heavy atom. The van der Waals surface area contributed by atoms with Gasteiger partial charge in [0.15, 0.2) is 0 Å². The van der Waals surface area contributed by atoms with E-state index in [1.54, 1.807) is 37.8 Å². The third kappa shape index (κ3) is 4.42. The van der Waals surface area contributed by atoms with Gasteiger partial charge in [0.25, 0.3) is 0 Å². The van der Waals surface area contributed by atoms with Gasteiger partial charge >= 0.3 is 12.3 Å². The summed E-state index contributed by atoms with van der Waals surface area (Å²) >= 11 is 0. The van der Waals surface area contributed by atoms with Crippen molar-refractivity contribution in [2.45, 2.75) is 83.5 Å². The first-order valence-corrected chi connectivity index (χ1v) is 10.2. The molecule has 3 unspecified atom stereocenters. The van der Waals surface area contributed by atoms with Crippen LogP contribution in [0.1, 0.15) is 65.6 Å². The van der Waals surface area contributed by atoms with Gasteiger partial charge in [-0.05, 0) is 52.5 Å². The number of aromatic nitrogens is 2. The number of alkyl carbamates (subject to hydrolysis) is 1. The minimum absolute atomic E-state index is 0.0200. The summed E-state index contributed by atoms with van der Waals surface area (Å²) in [7, 11) is 0. The zero-order chi connectivity index (χ0) is 22.5. The Bertz CT molecular complexity index is 894. The summed E-state index contributed by atoms with van der Waals surface area (Å²) < 4.78 is 46.7. The largest absolute Gasteiger partial charge is 0.444 e. The Labute approximate surface area is 175 Å². The molecule has 0 fully saturated rings. The highest BCUT2D eigenvalue weighted by molar-refractivity contribution is 5.69. The van der Waals surface area contributed by atoms with Crippen LogP contribution >= 0.6 is 0 Å². The molecule has 0 saturated carbocycles. The molecule has 0 radical (unpaired) electrons. The first-order valence-electron chi connectivity index (χ1n) is 10.2. The van der Waals surface area contributed by atoms with Gasteiger partial charge < -0.3 is 10.1 Å². The Balaban J connectivity index is 1.86. The van der Waals surface area contributed by atoms with Crippen molar-refractivity contribution in [1.29, 1.82) is 0 Å². The molecule has 3 atom stereocenters. The quantitative estimate of drug-likeness (QED) is 0.648. The normalized spacial score (nSPS) is 29.2. The van der Waals surface area contributed by atoms with Crippen LogP contribution in [0.4, 0.5) is 18.0 Å². The van der Waals surface area contributed by atoms with Crippen LogP contribution < -0.4 is 5.32 Å². The SMILES string of the molecule is CC1CC(C(F)(F)F)=CCC1(C)c1cnn2c1CC(C)(NC(=O)OC(C)(C)C)C=C2. The maximum absolute atomic E-state index is 13.2. The van der Waals surface area contributed by atoms with E-state index in [-0.39, 0.29) is 12.3 Å². The van der Waals surface area contributed by atoms with E-state index in [1.165, 1.54) is 6.08 Å². The van der Waals surface area contributed by atoms with E-state index in [0.29, 0.717) is 12.8 Å². The van der Waals surface area contributed by atoms with Gasteiger partial charge in [0.2, 0.25) is 0 Å². The molecule has 8 heteroatoms. The standard InChI is InChI=1S/C22H30F3N3O2/c1-14-11-15(22(23,24)25)7-8-21(14,6)16-13-26-28-10-9-20(5,12-17(16)28)27-18(29)30-19(2,3)4/h7,9-10,13-14H,8,11-12H2,1-6H3,(H,27,29). The number of halogens is 3. The fourth-order valence-corrected chi connectivity index (χ4v) is 4.22. The molecule has 2 heterocycles. The molecule has 0 aromatic carbocycles. The van der Waals surface area contributed by atoms with E-state index in [4.69, 9.17) is 4.74 Å². The second-order valence-corrected chi connectivity index (χ2v) is 9.94. The molecule has 1 N–H and O–H groups in total. The summed E-state index contributed by atoms with van der Waals surface area (Å²) in [6, 6.07) is 0. The minimum atomic E-state index is -4.29. The summed E-state index contributed by atoms with van der Waals surface area (Å²) in [4.78, 5) is 12.3. The van der Waals surface area contributed by atoms with Crippen LogP contribution in [0.3, 0.4) is 0 Å². The predicted molar refractivity (Wildman–Crippen MR) is 109 cm³/mol. The number of alkyl halides is 3. The topological polar surface area (TPSA) is 56.2 Å². The number of allylic oxidation sites excluding steroid dienone is 2. The van der Waals surface area contributed by atoms with Gasteiger partial charge in [-0.25, -0.2) is 9.48 Å². The Morgan fingerprint density at radius 3 is 2.53 bits per heavy atom. The molecular weight excluding hydrogens is 395 g/mol. The van der Waals surface area contributed by atoms with Crippen molar-refractivity contribution in [2.75, 3.05) is 0 Å². The fourth-order valence-electron chi connectivity index (χ4n) is 4.22. The molecule has 5 nitrogen and oxygen atoms in total. The average molecular weight is 425 g/mol. The van der Waals surface area contributed by atoms with E-state index >= 15 is 0 Å². The Kier molecular flexibility index (Phi) is 5.36. The maximum atomic E-state index is 13.2. The monoisotopic (exact) mass is 425 g/mol. The van der Waals surface area contributed by atoms with Crippen LogP contribution in [-0.4, -0.2) is 33.2 Å². The second-order valence-electron chi connectivity index (χ2n) is 9.94. The number of carbonyl (C=O) groups excluding carboxylic acids is 1. The molecular formula is C22H30F3N3O2. The number of rotatable bonds is 2. The lowest BCUT2D eigenvalue weighted by Gasteiger charge is -2.41. The number of hydrogen-bond acceptors (Lipinski definition) is 3. The third-order valence-electron chi connectivity index (χ3n) is 6.17. The second kappa shape index (κ2) is 7.17. The molecule has 1 aromatic rings. The number of nitrogens with one attached hydrogen (secondary N) is 1. The van der Waals surface area contributed by atoms with Crippen LogP contribution in [-0.2, 0) is 16.6 Å². The fraction of sp³-hybridized carbons (Fsp3) is 0.636. The molecule has 166 valence electrons. The molecule has 1 aliphatic heterocycles. The van der Waals surface area contributed by atoms with Crippen molar-refractivity contribution in [3.05, 3.63) is 35.2 Å². The zero-order valence-electron chi connectivity index (χ0n) is 18.4. The lowest BCUT2D eigenvalue weighted by molar-refractivity contribution is -0.0976. The van der Waals surface area contributed by atoms with E-state index in [2.05, 4.69) is 10.4 Å². The van der Waals surface area contributed by atoms with E-state index in [1.807, 2.05) is 26.8 Å². The molecule has 2 aliphatic rings. The molecule has 30 heavy (non-hydrogen) atoms. The van der Waals surface area contributed by atoms with Crippen molar-refractivity contribution >= 4 is 12.3 Å². The van der Waals surface area contributed by atoms with Crippen molar-refractivity contribution in [3.63, 3.8) is 0 Å². The van der Waals surface area contributed by atoms with Gasteiger partial charge in [-0.2, -0.15) is 18.3 Å². The molecule has 3 rings (SSSR count). The molecule has 0 saturated heterocycles. The number of nitrogens with zero attached hydrogens (tertiary/aromatic N) is 2. The molecule has 1 aliphatic carbocycles. The summed E-state index contributed by atoms with van der Waals surface area (Å²) in [6.07, 6.45) is 2.66. The van der Waals surface area contributed by atoms with Crippen LogP contribution in [0, 0.1) is 5.92 Å². The predicted octanol–water partition coefficient (Wildman–Crippen LogP) is 5.37. The molecule has 0 bridgehead atoms. The number of fused-ring (bicyclic) bond motifs is 1. The van der Waals surface area contributed by atoms with Crippen molar-refractivity contribution in [3.8, 4) is 0 Å². The number of hydrogen-bond donors (Lipinski definition) is 1. The Hall–Kier alpha value is -2.25. The Morgan fingerprint density at radius 1 is 1.30 bits per heavy atom. The minimum Gasteiger partial charge on any atom is -0.444 e. The van der Waals surface area contributed by atoms with Gasteiger partial charge in [0.05, 0.1) is 11.7 Å². The summed E-state index contributed by atoms with van der Waals surface area (Å²) in [5.41, 5.74) is -0.401. The smallest absolute Gasteiger partial charge is 0.412 e. The van der Waals surface area contributed by atoms with Gasteiger partial charge in [-0.3, -0.25) is 0 Å². The summed E-state index contributed by atoms with van der Waals surface area (Å²) in [5, 5.41) is 7.34. The lowest BCUT2D eigenvalue weighted by atomic mass is 9.64. The zero-order valence-corrected chi connectivity index (χ0v) is 18.4. The highest BCUT2D eigenvalue weighted by Gasteiger charge is 2.45. The molecule has 1 amide bonds. The van der Waals surface area contributed by atoms with Crippen LogP contribution in [0.25, 0.3) is 6.20 Å². The number of carbonyl (C=O) groups is 1. The summed E-state index contributed by atoms with van der Waals surface area (Å²) in [5.74, 6) is -0.205. The first-order chi connectivity index (χ1) is 13.6. The maximum Gasteiger partial charge on any atom is 0.412 e. The number of amides is 1. The van der Waals surface area contributed by atoms with Gasteiger partial charge in [-0.1, -0.05) is 19.9 Å². The summed E-state index contributed by atoms with van der Waals surface area (Å²) in [6.45, 7) is 11.1. The van der Waals surface area contributed by atoms with Gasteiger partial charge in [-0.15, -0.1) is 0 Å². The van der Waals surface area contributed by atoms with Crippen molar-refractivity contribution in [1.82, 2.24) is 15.1 Å². The highest BCUT2D eigenvalue weighted by Crippen LogP contribution is 2.48. The van der Waals surface area contributed by atoms with Crippen LogP contribution in [0.5, 0.6) is 0 Å². The highest BCUT2D eigenvalue weighted by atomic mass is 19.4. The lowest BCUT2D eigenvalue weighted by Crippen LogP contribution is -2.50. The van der Waals surface area contributed by atoms with Crippen molar-refractivity contribution < 1.29 is 22.7 Å². The van der Waals surface area contributed by atoms with E-state index in [0.717, 1.165) is 11.3 Å². The van der Waals surface area contributed by atoms with Gasteiger partial charge in [0.1, 0.15) is 5.60 Å². The van der Waals surface area contributed by atoms with Gasteiger partial charge in [0, 0.05) is 34.9 Å². The van der Waals surface area contributed by atoms with Crippen LogP contribution in [0.2, 0.25) is 0 Å².